The number of hydrogen-bond acceptors (Lipinski definition) is 5. The van der Waals surface area contributed by atoms with Gasteiger partial charge in [0.15, 0.2) is 0 Å². The highest BCUT2D eigenvalue weighted by Gasteiger charge is 2.39. The summed E-state index contributed by atoms with van der Waals surface area (Å²) < 4.78 is 26.8. The lowest BCUT2D eigenvalue weighted by Gasteiger charge is -2.44. The number of hydrogen-bond donors (Lipinski definition) is 1. The van der Waals surface area contributed by atoms with Gasteiger partial charge in [0.05, 0.1) is 23.3 Å². The van der Waals surface area contributed by atoms with Gasteiger partial charge < -0.3 is 10.2 Å². The van der Waals surface area contributed by atoms with Gasteiger partial charge in [-0.2, -0.15) is 13.8 Å². The molecule has 0 spiro atoms. The SMILES string of the molecule is CC(=O)N(c1cc(F)nc(F)c1)C1CCC1NC(=O)c1ncsc1C. The number of rotatable bonds is 4. The van der Waals surface area contributed by atoms with Crippen LogP contribution in [0.5, 0.6) is 0 Å². The van der Waals surface area contributed by atoms with Crippen molar-refractivity contribution in [2.75, 3.05) is 4.90 Å². The minimum absolute atomic E-state index is 0.0892. The van der Waals surface area contributed by atoms with Crippen molar-refractivity contribution in [2.45, 2.75) is 38.8 Å². The van der Waals surface area contributed by atoms with Crippen LogP contribution in [-0.2, 0) is 4.79 Å². The minimum Gasteiger partial charge on any atom is -0.346 e. The molecule has 3 rings (SSSR count). The van der Waals surface area contributed by atoms with Crippen LogP contribution in [-0.4, -0.2) is 33.9 Å². The van der Waals surface area contributed by atoms with Gasteiger partial charge >= 0.3 is 0 Å². The van der Waals surface area contributed by atoms with E-state index in [0.29, 0.717) is 18.5 Å². The fourth-order valence-electron chi connectivity index (χ4n) is 2.92. The zero-order valence-electron chi connectivity index (χ0n) is 13.6. The first kappa shape index (κ1) is 17.4. The van der Waals surface area contributed by atoms with Crippen LogP contribution in [0.1, 0.15) is 35.1 Å². The van der Waals surface area contributed by atoms with Crippen LogP contribution in [0.2, 0.25) is 0 Å². The Morgan fingerprint density at radius 1 is 1.28 bits per heavy atom. The molecule has 6 nitrogen and oxygen atoms in total. The highest BCUT2D eigenvalue weighted by molar-refractivity contribution is 7.09. The van der Waals surface area contributed by atoms with Crippen molar-refractivity contribution < 1.29 is 18.4 Å². The van der Waals surface area contributed by atoms with Gasteiger partial charge in [-0.05, 0) is 19.8 Å². The average molecular weight is 366 g/mol. The number of nitrogens with zero attached hydrogens (tertiary/aromatic N) is 3. The normalized spacial score (nSPS) is 19.2. The molecule has 0 bridgehead atoms. The molecule has 1 aliphatic carbocycles. The Morgan fingerprint density at radius 2 is 1.96 bits per heavy atom. The lowest BCUT2D eigenvalue weighted by atomic mass is 9.84. The summed E-state index contributed by atoms with van der Waals surface area (Å²) >= 11 is 1.37. The minimum atomic E-state index is -1.00. The van der Waals surface area contributed by atoms with E-state index in [9.17, 15) is 18.4 Å². The van der Waals surface area contributed by atoms with Gasteiger partial charge in [0.2, 0.25) is 17.8 Å². The first-order chi connectivity index (χ1) is 11.9. The maximum absolute atomic E-state index is 13.4. The third-order valence-corrected chi connectivity index (χ3v) is 4.97. The number of anilines is 1. The second-order valence-electron chi connectivity index (χ2n) is 5.84. The zero-order chi connectivity index (χ0) is 18.1. The number of pyridine rings is 1. The molecule has 0 aliphatic heterocycles. The van der Waals surface area contributed by atoms with E-state index in [1.807, 2.05) is 0 Å². The molecular weight excluding hydrogens is 350 g/mol. The second-order valence-corrected chi connectivity index (χ2v) is 6.90. The molecule has 132 valence electrons. The molecule has 0 radical (unpaired) electrons. The fourth-order valence-corrected chi connectivity index (χ4v) is 3.49. The van der Waals surface area contributed by atoms with Crippen LogP contribution in [0.4, 0.5) is 14.5 Å². The predicted octanol–water partition coefficient (Wildman–Crippen LogP) is 2.44. The molecule has 2 amide bonds. The Morgan fingerprint density at radius 3 is 2.44 bits per heavy atom. The van der Waals surface area contributed by atoms with E-state index < -0.39 is 11.9 Å². The summed E-state index contributed by atoms with van der Waals surface area (Å²) in [6.45, 7) is 3.12. The second kappa shape index (κ2) is 6.83. The van der Waals surface area contributed by atoms with E-state index in [1.165, 1.54) is 23.2 Å². The summed E-state index contributed by atoms with van der Waals surface area (Å²) in [7, 11) is 0. The first-order valence-electron chi connectivity index (χ1n) is 7.70. The molecule has 1 saturated carbocycles. The number of aromatic nitrogens is 2. The first-order valence-corrected chi connectivity index (χ1v) is 8.58. The Hall–Kier alpha value is -2.42. The van der Waals surface area contributed by atoms with Crippen molar-refractivity contribution in [3.63, 3.8) is 0 Å². The van der Waals surface area contributed by atoms with Crippen LogP contribution < -0.4 is 10.2 Å². The van der Waals surface area contributed by atoms with Crippen LogP contribution >= 0.6 is 11.3 Å². The van der Waals surface area contributed by atoms with Gasteiger partial charge in [-0.25, -0.2) is 4.98 Å². The monoisotopic (exact) mass is 366 g/mol. The molecule has 2 atom stereocenters. The van der Waals surface area contributed by atoms with Crippen molar-refractivity contribution in [1.82, 2.24) is 15.3 Å². The number of amides is 2. The van der Waals surface area contributed by atoms with Gasteiger partial charge in [-0.3, -0.25) is 9.59 Å². The summed E-state index contributed by atoms with van der Waals surface area (Å²) in [4.78, 5) is 33.5. The average Bonchev–Trinajstić information content (AvgIpc) is 2.93. The summed E-state index contributed by atoms with van der Waals surface area (Å²) in [6.07, 6.45) is 1.28. The van der Waals surface area contributed by atoms with Gasteiger partial charge in [-0.1, -0.05) is 0 Å². The van der Waals surface area contributed by atoms with Gasteiger partial charge in [0, 0.05) is 23.9 Å². The standard InChI is InChI=1S/C16H16F2N4O2S/c1-8-15(19-7-25-8)16(24)20-11-3-4-12(11)22(9(2)23)10-5-13(17)21-14(18)6-10/h5-7,11-12H,3-4H2,1-2H3,(H,20,24). The molecule has 0 aromatic carbocycles. The third kappa shape index (κ3) is 3.51. The molecule has 0 saturated heterocycles. The maximum Gasteiger partial charge on any atom is 0.271 e. The molecule has 1 aliphatic rings. The van der Waals surface area contributed by atoms with E-state index in [2.05, 4.69) is 15.3 Å². The van der Waals surface area contributed by atoms with E-state index in [-0.39, 0.29) is 29.6 Å². The number of thiazole rings is 1. The molecular formula is C16H16F2N4O2S. The third-order valence-electron chi connectivity index (χ3n) is 4.21. The topological polar surface area (TPSA) is 75.2 Å². The van der Waals surface area contributed by atoms with Crippen LogP contribution in [0.3, 0.4) is 0 Å². The van der Waals surface area contributed by atoms with E-state index in [0.717, 1.165) is 17.0 Å². The quantitative estimate of drug-likeness (QED) is 0.844. The van der Waals surface area contributed by atoms with E-state index in [4.69, 9.17) is 0 Å². The Balaban J connectivity index is 1.80. The largest absolute Gasteiger partial charge is 0.346 e. The maximum atomic E-state index is 13.4. The number of halogens is 2. The lowest BCUT2D eigenvalue weighted by molar-refractivity contribution is -0.117. The van der Waals surface area contributed by atoms with Crippen molar-refractivity contribution in [2.24, 2.45) is 0 Å². The number of carbonyl (C=O) groups excluding carboxylic acids is 2. The van der Waals surface area contributed by atoms with Crippen LogP contribution in [0.15, 0.2) is 17.6 Å². The highest BCUT2D eigenvalue weighted by Crippen LogP contribution is 2.31. The van der Waals surface area contributed by atoms with Gasteiger partial charge in [-0.15, -0.1) is 11.3 Å². The molecule has 2 aromatic heterocycles. The van der Waals surface area contributed by atoms with Gasteiger partial charge in [0.25, 0.3) is 5.91 Å². The summed E-state index contributed by atoms with van der Waals surface area (Å²) in [5, 5.41) is 2.85. The molecule has 2 heterocycles. The Bertz CT molecular complexity index is 806. The highest BCUT2D eigenvalue weighted by atomic mass is 32.1. The molecule has 1 fully saturated rings. The smallest absolute Gasteiger partial charge is 0.271 e. The Labute approximate surface area is 146 Å². The molecule has 2 unspecified atom stereocenters. The van der Waals surface area contributed by atoms with Crippen LogP contribution in [0, 0.1) is 18.8 Å². The van der Waals surface area contributed by atoms with Crippen molar-refractivity contribution >= 4 is 28.8 Å². The number of nitrogens with one attached hydrogen (secondary N) is 1. The summed E-state index contributed by atoms with van der Waals surface area (Å²) in [5.74, 6) is -2.68. The summed E-state index contributed by atoms with van der Waals surface area (Å²) in [6, 6.07) is 1.33. The predicted molar refractivity (Wildman–Crippen MR) is 88.4 cm³/mol. The Kier molecular flexibility index (Phi) is 4.76. The number of carbonyl (C=O) groups is 2. The van der Waals surface area contributed by atoms with Gasteiger partial charge in [0.1, 0.15) is 5.69 Å². The van der Waals surface area contributed by atoms with E-state index in [1.54, 1.807) is 12.4 Å². The molecule has 2 aromatic rings. The molecule has 25 heavy (non-hydrogen) atoms. The zero-order valence-corrected chi connectivity index (χ0v) is 14.4. The van der Waals surface area contributed by atoms with Crippen molar-refractivity contribution in [3.05, 3.63) is 40.1 Å². The fraction of sp³-hybridized carbons (Fsp3) is 0.375. The van der Waals surface area contributed by atoms with Crippen LogP contribution in [0.25, 0.3) is 0 Å². The van der Waals surface area contributed by atoms with Crippen molar-refractivity contribution in [1.29, 1.82) is 0 Å². The van der Waals surface area contributed by atoms with E-state index >= 15 is 0 Å². The summed E-state index contributed by atoms with van der Waals surface area (Å²) in [5.41, 5.74) is 2.03. The lowest BCUT2D eigenvalue weighted by Crippen LogP contribution is -2.59. The molecule has 1 N–H and O–H groups in total. The van der Waals surface area contributed by atoms with Crippen molar-refractivity contribution in [3.8, 4) is 0 Å². The number of aryl methyl sites for hydroxylation is 1. The molecule has 9 heteroatoms.